The highest BCUT2D eigenvalue weighted by Gasteiger charge is 2.11. The van der Waals surface area contributed by atoms with Gasteiger partial charge in [-0.3, -0.25) is 0 Å². The van der Waals surface area contributed by atoms with Crippen LogP contribution < -0.4 is 4.74 Å². The Labute approximate surface area is 138 Å². The maximum atomic E-state index is 9.16. The van der Waals surface area contributed by atoms with Crippen molar-refractivity contribution in [3.8, 4) is 23.6 Å². The van der Waals surface area contributed by atoms with Crippen molar-refractivity contribution in [1.29, 1.82) is 10.5 Å². The molecule has 3 aromatic carbocycles. The number of aromatic nitrogens is 1. The summed E-state index contributed by atoms with van der Waals surface area (Å²) in [6.07, 6.45) is 0. The first kappa shape index (κ1) is 13.9. The third-order valence-corrected chi connectivity index (χ3v) is 3.95. The van der Waals surface area contributed by atoms with Crippen LogP contribution in [0.5, 0.6) is 11.5 Å². The first-order chi connectivity index (χ1) is 11.8. The number of aromatic amines is 1. The number of rotatable bonds is 2. The maximum absolute atomic E-state index is 9.16. The summed E-state index contributed by atoms with van der Waals surface area (Å²) in [4.78, 5) is 3.37. The van der Waals surface area contributed by atoms with Crippen molar-refractivity contribution in [3.63, 3.8) is 0 Å². The summed E-state index contributed by atoms with van der Waals surface area (Å²) in [7, 11) is 0. The number of H-pyrrole nitrogens is 1. The molecule has 0 saturated carbocycles. The van der Waals surface area contributed by atoms with Crippen LogP contribution in [0, 0.1) is 22.7 Å². The minimum absolute atomic E-state index is 0.307. The quantitative estimate of drug-likeness (QED) is 0.575. The molecular weight excluding hydrogens is 298 g/mol. The zero-order valence-electron chi connectivity index (χ0n) is 12.6. The fraction of sp³-hybridized carbons (Fsp3) is 0. The zero-order chi connectivity index (χ0) is 16.5. The molecule has 0 saturated heterocycles. The summed E-state index contributed by atoms with van der Waals surface area (Å²) in [5.74, 6) is 1.24. The SMILES string of the molecule is N#Cc1ccc(Oc2cccc3[nH]c4ccccc4c23)cc1C#N. The fourth-order valence-corrected chi connectivity index (χ4v) is 2.86. The molecule has 1 aromatic heterocycles. The van der Waals surface area contributed by atoms with Gasteiger partial charge < -0.3 is 9.72 Å². The molecule has 4 aromatic rings. The van der Waals surface area contributed by atoms with Gasteiger partial charge in [-0.05, 0) is 36.4 Å². The third-order valence-electron chi connectivity index (χ3n) is 3.95. The molecule has 0 aliphatic rings. The molecule has 0 aliphatic carbocycles. The lowest BCUT2D eigenvalue weighted by Crippen LogP contribution is -1.89. The van der Waals surface area contributed by atoms with E-state index in [4.69, 9.17) is 15.3 Å². The standard InChI is InChI=1S/C20H11N3O/c21-11-13-8-9-15(10-14(13)12-22)24-19-7-3-6-18-20(19)16-4-1-2-5-17(16)23-18/h1-10,23H. The summed E-state index contributed by atoms with van der Waals surface area (Å²) in [6.45, 7) is 0. The molecule has 1 heterocycles. The predicted molar refractivity (Wildman–Crippen MR) is 91.8 cm³/mol. The van der Waals surface area contributed by atoms with E-state index in [0.29, 0.717) is 22.6 Å². The molecule has 0 amide bonds. The first-order valence-corrected chi connectivity index (χ1v) is 7.41. The van der Waals surface area contributed by atoms with Crippen molar-refractivity contribution in [3.05, 3.63) is 71.8 Å². The van der Waals surface area contributed by atoms with Crippen LogP contribution in [0.2, 0.25) is 0 Å². The van der Waals surface area contributed by atoms with Gasteiger partial charge in [-0.15, -0.1) is 0 Å². The van der Waals surface area contributed by atoms with Crippen LogP contribution in [-0.4, -0.2) is 4.98 Å². The number of hydrogen-bond donors (Lipinski definition) is 1. The van der Waals surface area contributed by atoms with Crippen molar-refractivity contribution in [2.45, 2.75) is 0 Å². The lowest BCUT2D eigenvalue weighted by molar-refractivity contribution is 0.488. The Morgan fingerprint density at radius 2 is 1.58 bits per heavy atom. The Balaban J connectivity index is 1.86. The number of fused-ring (bicyclic) bond motifs is 3. The topological polar surface area (TPSA) is 72.6 Å². The average Bonchev–Trinajstić information content (AvgIpc) is 3.01. The number of para-hydroxylation sites is 1. The molecule has 24 heavy (non-hydrogen) atoms. The Hall–Kier alpha value is -3.76. The lowest BCUT2D eigenvalue weighted by atomic mass is 10.1. The van der Waals surface area contributed by atoms with Crippen LogP contribution in [0.4, 0.5) is 0 Å². The minimum atomic E-state index is 0.307. The molecule has 0 bridgehead atoms. The minimum Gasteiger partial charge on any atom is -0.457 e. The van der Waals surface area contributed by atoms with Crippen LogP contribution in [0.15, 0.2) is 60.7 Å². The van der Waals surface area contributed by atoms with Crippen LogP contribution in [0.1, 0.15) is 11.1 Å². The van der Waals surface area contributed by atoms with Crippen molar-refractivity contribution in [1.82, 2.24) is 4.98 Å². The highest BCUT2D eigenvalue weighted by Crippen LogP contribution is 2.35. The molecule has 0 radical (unpaired) electrons. The normalized spacial score (nSPS) is 10.4. The van der Waals surface area contributed by atoms with E-state index in [9.17, 15) is 0 Å². The Bertz CT molecular complexity index is 1160. The molecule has 0 fully saturated rings. The predicted octanol–water partition coefficient (Wildman–Crippen LogP) is 4.86. The van der Waals surface area contributed by atoms with Crippen LogP contribution in [-0.2, 0) is 0 Å². The van der Waals surface area contributed by atoms with Gasteiger partial charge in [0.2, 0.25) is 0 Å². The highest BCUT2D eigenvalue weighted by atomic mass is 16.5. The van der Waals surface area contributed by atoms with Crippen molar-refractivity contribution in [2.24, 2.45) is 0 Å². The largest absolute Gasteiger partial charge is 0.457 e. The lowest BCUT2D eigenvalue weighted by Gasteiger charge is -2.08. The summed E-state index contributed by atoms with van der Waals surface area (Å²) in [5.41, 5.74) is 2.68. The highest BCUT2D eigenvalue weighted by molar-refractivity contribution is 6.10. The monoisotopic (exact) mass is 309 g/mol. The molecule has 0 atom stereocenters. The van der Waals surface area contributed by atoms with Crippen LogP contribution in [0.25, 0.3) is 21.8 Å². The molecule has 0 aliphatic heterocycles. The van der Waals surface area contributed by atoms with Gasteiger partial charge in [-0.2, -0.15) is 10.5 Å². The van der Waals surface area contributed by atoms with E-state index < -0.39 is 0 Å². The van der Waals surface area contributed by atoms with E-state index in [2.05, 4.69) is 4.98 Å². The molecule has 4 nitrogen and oxygen atoms in total. The van der Waals surface area contributed by atoms with Gasteiger partial charge in [0.1, 0.15) is 23.6 Å². The maximum Gasteiger partial charge on any atom is 0.137 e. The van der Waals surface area contributed by atoms with E-state index in [1.165, 1.54) is 0 Å². The molecule has 0 unspecified atom stereocenters. The molecule has 112 valence electrons. The van der Waals surface area contributed by atoms with Crippen molar-refractivity contribution >= 4 is 21.8 Å². The van der Waals surface area contributed by atoms with Crippen molar-refractivity contribution in [2.75, 3.05) is 0 Å². The number of benzene rings is 3. The van der Waals surface area contributed by atoms with Gasteiger partial charge in [0.25, 0.3) is 0 Å². The van der Waals surface area contributed by atoms with Crippen molar-refractivity contribution < 1.29 is 4.74 Å². The average molecular weight is 309 g/mol. The Morgan fingerprint density at radius 1 is 0.792 bits per heavy atom. The summed E-state index contributed by atoms with van der Waals surface area (Å²) in [5, 5.41) is 20.3. The zero-order valence-corrected chi connectivity index (χ0v) is 12.6. The summed E-state index contributed by atoms with van der Waals surface area (Å²) < 4.78 is 6.02. The first-order valence-electron chi connectivity index (χ1n) is 7.41. The Morgan fingerprint density at radius 3 is 2.42 bits per heavy atom. The second-order valence-electron chi connectivity index (χ2n) is 5.38. The van der Waals surface area contributed by atoms with E-state index in [1.54, 1.807) is 18.2 Å². The van der Waals surface area contributed by atoms with Gasteiger partial charge in [0, 0.05) is 10.9 Å². The van der Waals surface area contributed by atoms with Gasteiger partial charge in [-0.25, -0.2) is 0 Å². The van der Waals surface area contributed by atoms with E-state index >= 15 is 0 Å². The molecule has 4 heteroatoms. The van der Waals surface area contributed by atoms with Gasteiger partial charge >= 0.3 is 0 Å². The van der Waals surface area contributed by atoms with Crippen LogP contribution in [0.3, 0.4) is 0 Å². The molecule has 0 spiro atoms. The molecule has 4 rings (SSSR count). The fourth-order valence-electron chi connectivity index (χ4n) is 2.86. The number of nitrogens with one attached hydrogen (secondary N) is 1. The third kappa shape index (κ3) is 2.15. The molecular formula is C20H11N3O. The Kier molecular flexibility index (Phi) is 3.16. The number of ether oxygens (including phenoxy) is 1. The van der Waals surface area contributed by atoms with Crippen LogP contribution >= 0.6 is 0 Å². The second kappa shape index (κ2) is 5.46. The van der Waals surface area contributed by atoms with Gasteiger partial charge in [-0.1, -0.05) is 24.3 Å². The van der Waals surface area contributed by atoms with Gasteiger partial charge in [0.15, 0.2) is 0 Å². The van der Waals surface area contributed by atoms with E-state index in [1.807, 2.05) is 54.6 Å². The van der Waals surface area contributed by atoms with E-state index in [0.717, 1.165) is 21.8 Å². The number of nitrogens with zero attached hydrogens (tertiary/aromatic N) is 2. The second-order valence-corrected chi connectivity index (χ2v) is 5.38. The van der Waals surface area contributed by atoms with Gasteiger partial charge in [0.05, 0.1) is 22.0 Å². The molecule has 1 N–H and O–H groups in total. The summed E-state index contributed by atoms with van der Waals surface area (Å²) in [6, 6.07) is 22.8. The smallest absolute Gasteiger partial charge is 0.137 e. The number of nitriles is 2. The van der Waals surface area contributed by atoms with E-state index in [-0.39, 0.29) is 0 Å². The summed E-state index contributed by atoms with van der Waals surface area (Å²) >= 11 is 0. The number of hydrogen-bond acceptors (Lipinski definition) is 3.